The molecule has 0 atom stereocenters. The van der Waals surface area contributed by atoms with Gasteiger partial charge in [0.2, 0.25) is 0 Å². The number of hydrogen-bond donors (Lipinski definition) is 1. The van der Waals surface area contributed by atoms with Gasteiger partial charge in [-0.05, 0) is 60.1 Å². The van der Waals surface area contributed by atoms with E-state index in [1.54, 1.807) is 0 Å². The lowest BCUT2D eigenvalue weighted by atomic mass is 9.90. The van der Waals surface area contributed by atoms with E-state index < -0.39 is 0 Å². The van der Waals surface area contributed by atoms with E-state index in [-0.39, 0.29) is 5.91 Å². The predicted molar refractivity (Wildman–Crippen MR) is 105 cm³/mol. The van der Waals surface area contributed by atoms with E-state index in [1.807, 2.05) is 29.3 Å². The number of benzene rings is 1. The fourth-order valence-electron chi connectivity index (χ4n) is 3.87. The van der Waals surface area contributed by atoms with Gasteiger partial charge in [0, 0.05) is 31.0 Å². The van der Waals surface area contributed by atoms with Crippen molar-refractivity contribution in [2.75, 3.05) is 13.1 Å². The van der Waals surface area contributed by atoms with Crippen molar-refractivity contribution >= 4 is 16.9 Å². The summed E-state index contributed by atoms with van der Waals surface area (Å²) in [5, 5.41) is 0. The van der Waals surface area contributed by atoms with Gasteiger partial charge in [-0.2, -0.15) is 0 Å². The van der Waals surface area contributed by atoms with E-state index >= 15 is 0 Å². The van der Waals surface area contributed by atoms with Crippen LogP contribution in [0.2, 0.25) is 0 Å². The molecule has 1 aliphatic heterocycles. The minimum Gasteiger partial charge on any atom is -0.360 e. The van der Waals surface area contributed by atoms with Crippen LogP contribution in [0.1, 0.15) is 60.0 Å². The molecule has 4 nitrogen and oxygen atoms in total. The Hall–Kier alpha value is -2.62. The summed E-state index contributed by atoms with van der Waals surface area (Å²) in [6.07, 6.45) is 5.91. The minimum absolute atomic E-state index is 0.149. The van der Waals surface area contributed by atoms with E-state index in [1.165, 1.54) is 11.1 Å². The first-order chi connectivity index (χ1) is 12.6. The van der Waals surface area contributed by atoms with Gasteiger partial charge in [-0.1, -0.05) is 26.0 Å². The van der Waals surface area contributed by atoms with Gasteiger partial charge in [0.15, 0.2) is 0 Å². The molecule has 1 saturated heterocycles. The number of hydrogen-bond acceptors (Lipinski definition) is 2. The van der Waals surface area contributed by atoms with Crippen molar-refractivity contribution in [1.29, 1.82) is 0 Å². The quantitative estimate of drug-likeness (QED) is 0.746. The lowest BCUT2D eigenvalue weighted by Crippen LogP contribution is -2.37. The molecule has 1 N–H and O–H groups in total. The van der Waals surface area contributed by atoms with Crippen molar-refractivity contribution < 1.29 is 4.79 Å². The number of H-pyrrole nitrogens is 1. The summed E-state index contributed by atoms with van der Waals surface area (Å²) in [4.78, 5) is 22.6. The number of nitrogens with one attached hydrogen (secondary N) is 1. The summed E-state index contributed by atoms with van der Waals surface area (Å²) in [6.45, 7) is 5.94. The number of carbonyl (C=O) groups is 1. The molecule has 1 aliphatic rings. The number of likely N-dealkylation sites (tertiary alicyclic amines) is 1. The summed E-state index contributed by atoms with van der Waals surface area (Å²) in [5.74, 6) is 1.10. The Balaban J connectivity index is 1.44. The zero-order valence-electron chi connectivity index (χ0n) is 15.4. The van der Waals surface area contributed by atoms with E-state index in [9.17, 15) is 4.79 Å². The number of amides is 1. The number of aromatic nitrogens is 2. The molecule has 1 amide bonds. The van der Waals surface area contributed by atoms with Gasteiger partial charge in [0.05, 0.1) is 11.0 Å². The van der Waals surface area contributed by atoms with Crippen LogP contribution in [0.25, 0.3) is 11.0 Å². The molecule has 0 aliphatic carbocycles. The number of rotatable bonds is 3. The fourth-order valence-corrected chi connectivity index (χ4v) is 3.87. The topological polar surface area (TPSA) is 49.0 Å². The average molecular weight is 347 g/mol. The summed E-state index contributed by atoms with van der Waals surface area (Å²) < 4.78 is 0. The molecular formula is C22H25N3O. The summed E-state index contributed by atoms with van der Waals surface area (Å²) in [6, 6.07) is 12.1. The van der Waals surface area contributed by atoms with Crippen molar-refractivity contribution in [3.63, 3.8) is 0 Å². The van der Waals surface area contributed by atoms with Gasteiger partial charge >= 0.3 is 0 Å². The monoisotopic (exact) mass is 347 g/mol. The third kappa shape index (κ3) is 3.12. The number of nitrogens with zero attached hydrogens (tertiary/aromatic N) is 2. The molecule has 0 radical (unpaired) electrons. The Kier molecular flexibility index (Phi) is 4.49. The maximum absolute atomic E-state index is 12.8. The number of fused-ring (bicyclic) bond motifs is 1. The van der Waals surface area contributed by atoms with Crippen LogP contribution < -0.4 is 0 Å². The van der Waals surface area contributed by atoms with Crippen LogP contribution in [-0.2, 0) is 0 Å². The van der Waals surface area contributed by atoms with Gasteiger partial charge in [-0.3, -0.25) is 9.78 Å². The second kappa shape index (κ2) is 6.94. The Labute approximate surface area is 154 Å². The van der Waals surface area contributed by atoms with E-state index in [0.717, 1.165) is 42.5 Å². The van der Waals surface area contributed by atoms with E-state index in [2.05, 4.69) is 48.2 Å². The maximum Gasteiger partial charge on any atom is 0.253 e. The molecule has 2 aromatic heterocycles. The summed E-state index contributed by atoms with van der Waals surface area (Å²) in [5.41, 5.74) is 5.51. The molecular weight excluding hydrogens is 322 g/mol. The first kappa shape index (κ1) is 16.8. The molecule has 3 aromatic rings. The summed E-state index contributed by atoms with van der Waals surface area (Å²) >= 11 is 0. The highest BCUT2D eigenvalue weighted by Crippen LogP contribution is 2.32. The van der Waals surface area contributed by atoms with Crippen LogP contribution in [0.5, 0.6) is 0 Å². The second-order valence-corrected chi connectivity index (χ2v) is 7.49. The fraction of sp³-hybridized carbons (Fsp3) is 0.364. The van der Waals surface area contributed by atoms with Crippen LogP contribution in [0, 0.1) is 0 Å². The van der Waals surface area contributed by atoms with Gasteiger partial charge in [0.25, 0.3) is 5.91 Å². The smallest absolute Gasteiger partial charge is 0.253 e. The predicted octanol–water partition coefficient (Wildman–Crippen LogP) is 4.71. The number of carbonyl (C=O) groups excluding carboxylic acids is 1. The third-order valence-electron chi connectivity index (χ3n) is 5.51. The zero-order chi connectivity index (χ0) is 18.1. The first-order valence-corrected chi connectivity index (χ1v) is 9.44. The van der Waals surface area contributed by atoms with E-state index in [4.69, 9.17) is 0 Å². The molecule has 0 unspecified atom stereocenters. The Bertz CT molecular complexity index is 903. The van der Waals surface area contributed by atoms with Crippen molar-refractivity contribution in [3.8, 4) is 0 Å². The van der Waals surface area contributed by atoms with Crippen molar-refractivity contribution in [1.82, 2.24) is 14.9 Å². The normalized spacial score (nSPS) is 15.7. The molecule has 4 heteroatoms. The highest BCUT2D eigenvalue weighted by atomic mass is 16.2. The molecule has 3 heterocycles. The lowest BCUT2D eigenvalue weighted by Gasteiger charge is -2.32. The average Bonchev–Trinajstić information content (AvgIpc) is 3.12. The highest BCUT2D eigenvalue weighted by molar-refractivity contribution is 5.94. The molecule has 0 bridgehead atoms. The van der Waals surface area contributed by atoms with Crippen molar-refractivity contribution in [2.45, 2.75) is 38.5 Å². The van der Waals surface area contributed by atoms with Gasteiger partial charge in [-0.15, -0.1) is 0 Å². The standard InChI is InChI=1S/C22H25N3O/c1-15(2)16-5-7-18(8-6-16)22(26)25-12-9-17(10-13-25)19-14-24-20-4-3-11-23-21(19)20/h3-8,11,14-15,17,24H,9-10,12-13H2,1-2H3. The summed E-state index contributed by atoms with van der Waals surface area (Å²) in [7, 11) is 0. The largest absolute Gasteiger partial charge is 0.360 e. The van der Waals surface area contributed by atoms with Gasteiger partial charge in [0.1, 0.15) is 0 Å². The molecule has 4 rings (SSSR count). The van der Waals surface area contributed by atoms with Crippen molar-refractivity contribution in [2.24, 2.45) is 0 Å². The van der Waals surface area contributed by atoms with Crippen LogP contribution in [0.3, 0.4) is 0 Å². The van der Waals surface area contributed by atoms with Gasteiger partial charge < -0.3 is 9.88 Å². The Morgan fingerprint density at radius 1 is 1.15 bits per heavy atom. The third-order valence-corrected chi connectivity index (χ3v) is 5.51. The molecule has 0 spiro atoms. The van der Waals surface area contributed by atoms with E-state index in [0.29, 0.717) is 11.8 Å². The Morgan fingerprint density at radius 2 is 1.88 bits per heavy atom. The Morgan fingerprint density at radius 3 is 2.58 bits per heavy atom. The molecule has 26 heavy (non-hydrogen) atoms. The van der Waals surface area contributed by atoms with Crippen LogP contribution in [0.4, 0.5) is 0 Å². The van der Waals surface area contributed by atoms with Crippen LogP contribution in [-0.4, -0.2) is 33.9 Å². The molecule has 1 aromatic carbocycles. The van der Waals surface area contributed by atoms with Gasteiger partial charge in [-0.25, -0.2) is 0 Å². The number of aromatic amines is 1. The number of pyridine rings is 1. The second-order valence-electron chi connectivity index (χ2n) is 7.49. The minimum atomic E-state index is 0.149. The molecule has 0 saturated carbocycles. The zero-order valence-corrected chi connectivity index (χ0v) is 15.4. The van der Waals surface area contributed by atoms with Crippen LogP contribution in [0.15, 0.2) is 48.8 Å². The van der Waals surface area contributed by atoms with Crippen molar-refractivity contribution in [3.05, 3.63) is 65.5 Å². The lowest BCUT2D eigenvalue weighted by molar-refractivity contribution is 0.0713. The molecule has 1 fully saturated rings. The van der Waals surface area contributed by atoms with Crippen LogP contribution >= 0.6 is 0 Å². The number of piperidine rings is 1. The SMILES string of the molecule is CC(C)c1ccc(C(=O)N2CCC(c3c[nH]c4cccnc34)CC2)cc1. The highest BCUT2D eigenvalue weighted by Gasteiger charge is 2.26. The maximum atomic E-state index is 12.8. The first-order valence-electron chi connectivity index (χ1n) is 9.44. The molecule has 134 valence electrons.